The van der Waals surface area contributed by atoms with Gasteiger partial charge in [0, 0.05) is 5.56 Å². The maximum atomic E-state index is 10.9. The number of carboxylic acid groups (broad SMARTS) is 1. The number of ketones is 1. The van der Waals surface area contributed by atoms with Crippen molar-refractivity contribution in [2.75, 3.05) is 0 Å². The van der Waals surface area contributed by atoms with E-state index < -0.39 is 5.97 Å². The third-order valence-electron chi connectivity index (χ3n) is 1.90. The summed E-state index contributed by atoms with van der Waals surface area (Å²) in [5.41, 5.74) is 1.11. The first-order chi connectivity index (χ1) is 6.52. The minimum Gasteiger partial charge on any atom is -0.478 e. The lowest BCUT2D eigenvalue weighted by Gasteiger charge is -2.01. The summed E-state index contributed by atoms with van der Waals surface area (Å²) in [4.78, 5) is 21.5. The van der Waals surface area contributed by atoms with Gasteiger partial charge in [-0.3, -0.25) is 4.79 Å². The number of hydrogen-bond acceptors (Lipinski definition) is 2. The van der Waals surface area contributed by atoms with E-state index in [1.807, 2.05) is 0 Å². The van der Waals surface area contributed by atoms with Crippen LogP contribution in [0.15, 0.2) is 30.8 Å². The van der Waals surface area contributed by atoms with Gasteiger partial charge in [-0.25, -0.2) is 4.79 Å². The first kappa shape index (κ1) is 10.2. The van der Waals surface area contributed by atoms with Gasteiger partial charge in [0.2, 0.25) is 0 Å². The molecule has 0 radical (unpaired) electrons. The normalized spacial score (nSPS) is 9.50. The molecule has 0 bridgehead atoms. The molecule has 3 heteroatoms. The molecular formula is C11H10O3. The van der Waals surface area contributed by atoms with Gasteiger partial charge in [-0.2, -0.15) is 0 Å². The van der Waals surface area contributed by atoms with Crippen molar-refractivity contribution in [3.8, 4) is 0 Å². The molecular weight excluding hydrogens is 180 g/mol. The fourth-order valence-corrected chi connectivity index (χ4v) is 1.03. The smallest absolute Gasteiger partial charge is 0.335 e. The van der Waals surface area contributed by atoms with Gasteiger partial charge in [-0.1, -0.05) is 30.8 Å². The highest BCUT2D eigenvalue weighted by Gasteiger charge is 2.07. The second-order valence-corrected chi connectivity index (χ2v) is 2.92. The lowest BCUT2D eigenvalue weighted by atomic mass is 10.0. The number of Topliss-reactive ketones (excluding diaryl/α,β-unsaturated/α-hetero) is 1. The van der Waals surface area contributed by atoms with Crippen LogP contribution < -0.4 is 0 Å². The van der Waals surface area contributed by atoms with Crippen LogP contribution in [0.4, 0.5) is 0 Å². The van der Waals surface area contributed by atoms with Crippen molar-refractivity contribution in [1.82, 2.24) is 0 Å². The van der Waals surface area contributed by atoms with Crippen LogP contribution in [0.2, 0.25) is 0 Å². The molecule has 0 atom stereocenters. The van der Waals surface area contributed by atoms with E-state index in [1.165, 1.54) is 6.92 Å². The van der Waals surface area contributed by atoms with Crippen LogP contribution in [0.1, 0.15) is 22.8 Å². The van der Waals surface area contributed by atoms with E-state index in [0.29, 0.717) is 11.1 Å². The van der Waals surface area contributed by atoms with E-state index >= 15 is 0 Å². The van der Waals surface area contributed by atoms with Gasteiger partial charge in [0.05, 0.1) is 5.57 Å². The highest BCUT2D eigenvalue weighted by molar-refractivity contribution is 6.14. The molecule has 0 unspecified atom stereocenters. The molecule has 0 fully saturated rings. The third kappa shape index (κ3) is 2.07. The number of aliphatic carboxylic acids is 1. The zero-order valence-corrected chi connectivity index (χ0v) is 7.78. The Morgan fingerprint density at radius 1 is 1.14 bits per heavy atom. The topological polar surface area (TPSA) is 54.4 Å². The molecule has 14 heavy (non-hydrogen) atoms. The Hall–Kier alpha value is -1.90. The van der Waals surface area contributed by atoms with Crippen molar-refractivity contribution < 1.29 is 14.7 Å². The van der Waals surface area contributed by atoms with Crippen LogP contribution in [-0.4, -0.2) is 16.9 Å². The highest BCUT2D eigenvalue weighted by atomic mass is 16.4. The second-order valence-electron chi connectivity index (χ2n) is 2.92. The monoisotopic (exact) mass is 190 g/mol. The van der Waals surface area contributed by atoms with Crippen LogP contribution in [0, 0.1) is 0 Å². The summed E-state index contributed by atoms with van der Waals surface area (Å²) in [7, 11) is 0. The summed E-state index contributed by atoms with van der Waals surface area (Å²) in [5, 5.41) is 8.65. The third-order valence-corrected chi connectivity index (χ3v) is 1.90. The molecule has 0 aliphatic rings. The number of rotatable bonds is 3. The number of benzene rings is 1. The predicted octanol–water partition coefficient (Wildman–Crippen LogP) is 1.99. The number of carbonyl (C=O) groups is 2. The van der Waals surface area contributed by atoms with Gasteiger partial charge in [-0.05, 0) is 12.5 Å². The van der Waals surface area contributed by atoms with Crippen molar-refractivity contribution in [2.45, 2.75) is 6.92 Å². The first-order valence-electron chi connectivity index (χ1n) is 4.06. The maximum Gasteiger partial charge on any atom is 0.335 e. The Morgan fingerprint density at radius 2 is 1.57 bits per heavy atom. The Morgan fingerprint density at radius 3 is 1.93 bits per heavy atom. The van der Waals surface area contributed by atoms with E-state index in [9.17, 15) is 9.59 Å². The molecule has 0 amide bonds. The summed E-state index contributed by atoms with van der Waals surface area (Å²) in [6.07, 6.45) is 0. The Kier molecular flexibility index (Phi) is 2.82. The SMILES string of the molecule is C=C(C(=O)O)c1ccc(C(C)=O)cc1. The minimum absolute atomic E-state index is 0.0279. The van der Waals surface area contributed by atoms with Gasteiger partial charge >= 0.3 is 5.97 Å². The van der Waals surface area contributed by atoms with Gasteiger partial charge in [0.25, 0.3) is 0 Å². The molecule has 72 valence electrons. The molecule has 1 N–H and O–H groups in total. The molecule has 0 saturated heterocycles. The van der Waals surface area contributed by atoms with Gasteiger partial charge in [0.15, 0.2) is 5.78 Å². The Bertz CT molecular complexity index is 387. The van der Waals surface area contributed by atoms with Gasteiger partial charge in [0.1, 0.15) is 0 Å². The summed E-state index contributed by atoms with van der Waals surface area (Å²) in [5.74, 6) is -1.10. The molecule has 0 saturated carbocycles. The molecule has 1 rings (SSSR count). The maximum absolute atomic E-state index is 10.9. The fraction of sp³-hybridized carbons (Fsp3) is 0.0909. The summed E-state index contributed by atoms with van der Waals surface area (Å²) in [6, 6.07) is 6.33. The van der Waals surface area contributed by atoms with Crippen LogP contribution in [0.5, 0.6) is 0 Å². The zero-order chi connectivity index (χ0) is 10.7. The van der Waals surface area contributed by atoms with Crippen molar-refractivity contribution in [1.29, 1.82) is 0 Å². The van der Waals surface area contributed by atoms with E-state index in [0.717, 1.165) is 0 Å². The van der Waals surface area contributed by atoms with E-state index in [4.69, 9.17) is 5.11 Å². The largest absolute Gasteiger partial charge is 0.478 e. The standard InChI is InChI=1S/C11H10O3/c1-7(11(13)14)9-3-5-10(6-4-9)8(2)12/h3-6H,1H2,2H3,(H,13,14). The average Bonchev–Trinajstić information content (AvgIpc) is 2.16. The quantitative estimate of drug-likeness (QED) is 0.585. The van der Waals surface area contributed by atoms with Gasteiger partial charge in [-0.15, -0.1) is 0 Å². The van der Waals surface area contributed by atoms with Crippen LogP contribution in [0.3, 0.4) is 0 Å². The highest BCUT2D eigenvalue weighted by Crippen LogP contribution is 2.13. The van der Waals surface area contributed by atoms with Crippen LogP contribution >= 0.6 is 0 Å². The summed E-state index contributed by atoms with van der Waals surface area (Å²) >= 11 is 0. The molecule has 0 aromatic heterocycles. The van der Waals surface area contributed by atoms with Gasteiger partial charge < -0.3 is 5.11 Å². The molecule has 0 heterocycles. The minimum atomic E-state index is -1.06. The molecule has 0 spiro atoms. The van der Waals surface area contributed by atoms with Crippen molar-refractivity contribution in [2.24, 2.45) is 0 Å². The fourth-order valence-electron chi connectivity index (χ4n) is 1.03. The molecule has 1 aromatic carbocycles. The summed E-state index contributed by atoms with van der Waals surface area (Å²) in [6.45, 7) is 4.87. The van der Waals surface area contributed by atoms with Crippen LogP contribution in [0.25, 0.3) is 5.57 Å². The Labute approximate surface area is 81.7 Å². The van der Waals surface area contributed by atoms with Crippen LogP contribution in [-0.2, 0) is 4.79 Å². The van der Waals surface area contributed by atoms with E-state index in [-0.39, 0.29) is 11.4 Å². The van der Waals surface area contributed by atoms with Crippen molar-refractivity contribution in [3.05, 3.63) is 42.0 Å². The number of carbonyl (C=O) groups excluding carboxylic acids is 1. The second kappa shape index (κ2) is 3.87. The van der Waals surface area contributed by atoms with Crippen molar-refractivity contribution >= 4 is 17.3 Å². The van der Waals surface area contributed by atoms with Crippen molar-refractivity contribution in [3.63, 3.8) is 0 Å². The lowest BCUT2D eigenvalue weighted by Crippen LogP contribution is -1.98. The van der Waals surface area contributed by atoms with E-state index in [1.54, 1.807) is 24.3 Å². The molecule has 3 nitrogen and oxygen atoms in total. The lowest BCUT2D eigenvalue weighted by molar-refractivity contribution is -0.130. The van der Waals surface area contributed by atoms with E-state index in [2.05, 4.69) is 6.58 Å². The summed E-state index contributed by atoms with van der Waals surface area (Å²) < 4.78 is 0. The molecule has 0 aliphatic heterocycles. The zero-order valence-electron chi connectivity index (χ0n) is 7.78. The number of carboxylic acids is 1. The average molecular weight is 190 g/mol. The molecule has 0 aliphatic carbocycles. The number of hydrogen-bond donors (Lipinski definition) is 1. The Balaban J connectivity index is 3.00. The predicted molar refractivity (Wildman–Crippen MR) is 53.1 cm³/mol. The first-order valence-corrected chi connectivity index (χ1v) is 4.06. The molecule has 1 aromatic rings.